The number of hydrogen-bond acceptors (Lipinski definition) is 3. The molecule has 15 heavy (non-hydrogen) atoms. The standard InChI is InChI=1S/C11H18N2OS/c1-3-5-13-8-10(7-12-13)11(14)4-6-15-9(11)2/h7-9,14H,3-6H2,1-2H3. The SMILES string of the molecule is CCCn1cc(C2(O)CCSC2C)cn1. The van der Waals surface area contributed by atoms with Crippen molar-refractivity contribution < 1.29 is 5.11 Å². The average Bonchev–Trinajstić information content (AvgIpc) is 2.77. The zero-order valence-corrected chi connectivity index (χ0v) is 10.1. The lowest BCUT2D eigenvalue weighted by atomic mass is 9.91. The zero-order valence-electron chi connectivity index (χ0n) is 9.31. The van der Waals surface area contributed by atoms with Crippen molar-refractivity contribution in [3.8, 4) is 0 Å². The highest BCUT2D eigenvalue weighted by atomic mass is 32.2. The summed E-state index contributed by atoms with van der Waals surface area (Å²) in [6, 6.07) is 0. The average molecular weight is 226 g/mol. The van der Waals surface area contributed by atoms with Gasteiger partial charge in [-0.25, -0.2) is 0 Å². The van der Waals surface area contributed by atoms with E-state index >= 15 is 0 Å². The monoisotopic (exact) mass is 226 g/mol. The second-order valence-corrected chi connectivity index (χ2v) is 5.63. The zero-order chi connectivity index (χ0) is 10.9. The van der Waals surface area contributed by atoms with Gasteiger partial charge in [0, 0.05) is 23.6 Å². The Bertz CT molecular complexity index is 339. The molecule has 2 heterocycles. The van der Waals surface area contributed by atoms with E-state index < -0.39 is 5.60 Å². The Morgan fingerprint density at radius 1 is 1.73 bits per heavy atom. The fourth-order valence-electron chi connectivity index (χ4n) is 2.05. The molecule has 0 amide bonds. The summed E-state index contributed by atoms with van der Waals surface area (Å²) in [5.41, 5.74) is 0.324. The van der Waals surface area contributed by atoms with Crippen LogP contribution < -0.4 is 0 Å². The summed E-state index contributed by atoms with van der Waals surface area (Å²) >= 11 is 1.83. The van der Waals surface area contributed by atoms with Gasteiger partial charge in [-0.1, -0.05) is 13.8 Å². The molecule has 1 aromatic rings. The van der Waals surface area contributed by atoms with E-state index in [1.165, 1.54) is 0 Å². The lowest BCUT2D eigenvalue weighted by Crippen LogP contribution is -2.30. The van der Waals surface area contributed by atoms with Gasteiger partial charge < -0.3 is 5.11 Å². The van der Waals surface area contributed by atoms with Crippen molar-refractivity contribution in [2.45, 2.75) is 44.1 Å². The highest BCUT2D eigenvalue weighted by Crippen LogP contribution is 2.42. The Morgan fingerprint density at radius 3 is 3.13 bits per heavy atom. The maximum atomic E-state index is 10.5. The van der Waals surface area contributed by atoms with Crippen molar-refractivity contribution in [1.82, 2.24) is 9.78 Å². The molecule has 1 aliphatic rings. The van der Waals surface area contributed by atoms with Crippen LogP contribution in [0.1, 0.15) is 32.3 Å². The van der Waals surface area contributed by atoms with Crippen LogP contribution in [0.3, 0.4) is 0 Å². The van der Waals surface area contributed by atoms with Crippen molar-refractivity contribution in [3.05, 3.63) is 18.0 Å². The normalized spacial score (nSPS) is 31.0. The van der Waals surface area contributed by atoms with Crippen molar-refractivity contribution >= 4 is 11.8 Å². The van der Waals surface area contributed by atoms with Gasteiger partial charge in [0.2, 0.25) is 0 Å². The van der Waals surface area contributed by atoms with Crippen LogP contribution in [0, 0.1) is 0 Å². The molecule has 84 valence electrons. The van der Waals surface area contributed by atoms with Crippen LogP contribution in [0.2, 0.25) is 0 Å². The highest BCUT2D eigenvalue weighted by Gasteiger charge is 2.41. The molecule has 1 N–H and O–H groups in total. The van der Waals surface area contributed by atoms with Gasteiger partial charge in [0.25, 0.3) is 0 Å². The largest absolute Gasteiger partial charge is 0.384 e. The Hall–Kier alpha value is -0.480. The first kappa shape index (κ1) is 11.0. The summed E-state index contributed by atoms with van der Waals surface area (Å²) in [5.74, 6) is 1.04. The molecule has 0 aliphatic carbocycles. The summed E-state index contributed by atoms with van der Waals surface area (Å²) in [7, 11) is 0. The molecule has 1 aliphatic heterocycles. The molecule has 0 radical (unpaired) electrons. The Morgan fingerprint density at radius 2 is 2.53 bits per heavy atom. The van der Waals surface area contributed by atoms with Crippen LogP contribution in [-0.4, -0.2) is 25.9 Å². The second-order valence-electron chi connectivity index (χ2n) is 4.18. The molecule has 2 unspecified atom stereocenters. The van der Waals surface area contributed by atoms with Crippen molar-refractivity contribution in [2.75, 3.05) is 5.75 Å². The van der Waals surface area contributed by atoms with Crippen LogP contribution in [0.5, 0.6) is 0 Å². The Kier molecular flexibility index (Phi) is 3.07. The van der Waals surface area contributed by atoms with Crippen LogP contribution in [0.15, 0.2) is 12.4 Å². The van der Waals surface area contributed by atoms with E-state index in [9.17, 15) is 5.11 Å². The maximum absolute atomic E-state index is 10.5. The Labute approximate surface area is 94.9 Å². The predicted octanol–water partition coefficient (Wildman–Crippen LogP) is 2.01. The third-order valence-electron chi connectivity index (χ3n) is 3.11. The summed E-state index contributed by atoms with van der Waals surface area (Å²) in [6.07, 6.45) is 5.73. The first-order valence-electron chi connectivity index (χ1n) is 5.53. The molecule has 0 spiro atoms. The first-order valence-corrected chi connectivity index (χ1v) is 6.58. The van der Waals surface area contributed by atoms with Gasteiger partial charge in [-0.2, -0.15) is 16.9 Å². The fraction of sp³-hybridized carbons (Fsp3) is 0.727. The molecule has 4 heteroatoms. The number of aliphatic hydroxyl groups is 1. The molecule has 1 aromatic heterocycles. The topological polar surface area (TPSA) is 38.0 Å². The predicted molar refractivity (Wildman–Crippen MR) is 63.0 cm³/mol. The molecule has 1 fully saturated rings. The van der Waals surface area contributed by atoms with Gasteiger partial charge >= 0.3 is 0 Å². The highest BCUT2D eigenvalue weighted by molar-refractivity contribution is 8.00. The van der Waals surface area contributed by atoms with Gasteiger partial charge in [0.1, 0.15) is 5.60 Å². The second kappa shape index (κ2) is 4.18. The van der Waals surface area contributed by atoms with Gasteiger partial charge in [0.05, 0.1) is 6.20 Å². The minimum Gasteiger partial charge on any atom is -0.384 e. The van der Waals surface area contributed by atoms with Crippen molar-refractivity contribution in [1.29, 1.82) is 0 Å². The molecular weight excluding hydrogens is 208 g/mol. The molecule has 0 bridgehead atoms. The summed E-state index contributed by atoms with van der Waals surface area (Å²) < 4.78 is 1.92. The third kappa shape index (κ3) is 1.93. The molecule has 2 rings (SSSR count). The quantitative estimate of drug-likeness (QED) is 0.856. The van der Waals surface area contributed by atoms with Gasteiger partial charge in [-0.05, 0) is 18.6 Å². The number of aromatic nitrogens is 2. The molecular formula is C11H18N2OS. The van der Waals surface area contributed by atoms with E-state index in [2.05, 4.69) is 18.9 Å². The van der Waals surface area contributed by atoms with Crippen LogP contribution in [0.4, 0.5) is 0 Å². The van der Waals surface area contributed by atoms with Crippen LogP contribution in [0.25, 0.3) is 0 Å². The number of aryl methyl sites for hydroxylation is 1. The van der Waals surface area contributed by atoms with Crippen LogP contribution in [-0.2, 0) is 12.1 Å². The summed E-state index contributed by atoms with van der Waals surface area (Å²) in [6.45, 7) is 5.15. The summed E-state index contributed by atoms with van der Waals surface area (Å²) in [4.78, 5) is 0. The minimum atomic E-state index is -0.656. The van der Waals surface area contributed by atoms with E-state index in [4.69, 9.17) is 0 Å². The Balaban J connectivity index is 2.21. The molecule has 0 aromatic carbocycles. The van der Waals surface area contributed by atoms with Gasteiger partial charge in [0.15, 0.2) is 0 Å². The van der Waals surface area contributed by atoms with Crippen molar-refractivity contribution in [3.63, 3.8) is 0 Å². The van der Waals surface area contributed by atoms with Crippen molar-refractivity contribution in [2.24, 2.45) is 0 Å². The number of rotatable bonds is 3. The maximum Gasteiger partial charge on any atom is 0.105 e. The lowest BCUT2D eigenvalue weighted by Gasteiger charge is -2.25. The lowest BCUT2D eigenvalue weighted by molar-refractivity contribution is 0.0426. The van der Waals surface area contributed by atoms with E-state index in [1.807, 2.05) is 28.8 Å². The first-order chi connectivity index (χ1) is 7.16. The molecule has 1 saturated heterocycles. The summed E-state index contributed by atoms with van der Waals surface area (Å²) in [5, 5.41) is 15.1. The van der Waals surface area contributed by atoms with E-state index in [0.29, 0.717) is 0 Å². The van der Waals surface area contributed by atoms with E-state index in [0.717, 1.165) is 30.7 Å². The fourth-order valence-corrected chi connectivity index (χ4v) is 3.36. The minimum absolute atomic E-state index is 0.275. The number of hydrogen-bond donors (Lipinski definition) is 1. The van der Waals surface area contributed by atoms with Gasteiger partial charge in [-0.15, -0.1) is 0 Å². The number of thioether (sulfide) groups is 1. The number of nitrogens with zero attached hydrogens (tertiary/aromatic N) is 2. The van der Waals surface area contributed by atoms with Gasteiger partial charge in [-0.3, -0.25) is 4.68 Å². The van der Waals surface area contributed by atoms with E-state index in [1.54, 1.807) is 0 Å². The molecule has 0 saturated carbocycles. The third-order valence-corrected chi connectivity index (χ3v) is 4.44. The molecule has 3 nitrogen and oxygen atoms in total. The van der Waals surface area contributed by atoms with E-state index in [-0.39, 0.29) is 5.25 Å². The molecule has 2 atom stereocenters. The smallest absolute Gasteiger partial charge is 0.105 e. The van der Waals surface area contributed by atoms with Crippen LogP contribution >= 0.6 is 11.8 Å².